The van der Waals surface area contributed by atoms with Crippen LogP contribution >= 0.6 is 0 Å². The third-order valence-electron chi connectivity index (χ3n) is 5.26. The van der Waals surface area contributed by atoms with Gasteiger partial charge in [-0.3, -0.25) is 0 Å². The first-order valence-corrected chi connectivity index (χ1v) is 11.7. The average molecular weight is 421 g/mol. The Bertz CT molecular complexity index is 957. The summed E-state index contributed by atoms with van der Waals surface area (Å²) in [6.07, 6.45) is 2.08. The molecule has 3 rings (SSSR count). The van der Waals surface area contributed by atoms with Crippen LogP contribution < -0.4 is 4.90 Å². The summed E-state index contributed by atoms with van der Waals surface area (Å²) < 4.78 is 40.2. The van der Waals surface area contributed by atoms with E-state index in [2.05, 4.69) is 14.9 Å². The van der Waals surface area contributed by atoms with Gasteiger partial charge in [-0.2, -0.15) is 4.31 Å². The summed E-state index contributed by atoms with van der Waals surface area (Å²) in [5.41, 5.74) is 2.70. The normalized spacial score (nSPS) is 15.7. The van der Waals surface area contributed by atoms with Gasteiger partial charge < -0.3 is 4.90 Å². The number of halogens is 1. The predicted molar refractivity (Wildman–Crippen MR) is 113 cm³/mol. The second kappa shape index (κ2) is 9.17. The summed E-state index contributed by atoms with van der Waals surface area (Å²) in [6.45, 7) is 7.86. The molecule has 2 aromatic rings. The Kier molecular flexibility index (Phi) is 6.85. The molecular formula is C21H29FN4O2S. The zero-order chi connectivity index (χ0) is 21.0. The highest BCUT2D eigenvalue weighted by molar-refractivity contribution is 7.89. The molecule has 1 aliphatic rings. The molecule has 8 heteroatoms. The van der Waals surface area contributed by atoms with Gasteiger partial charge in [0, 0.05) is 43.9 Å². The largest absolute Gasteiger partial charge is 0.354 e. The lowest BCUT2D eigenvalue weighted by Crippen LogP contribution is -2.49. The number of aromatic nitrogens is 2. The Morgan fingerprint density at radius 3 is 2.48 bits per heavy atom. The molecule has 0 amide bonds. The quantitative estimate of drug-likeness (QED) is 0.689. The fourth-order valence-corrected chi connectivity index (χ4v) is 5.30. The monoisotopic (exact) mass is 420 g/mol. The molecule has 0 atom stereocenters. The van der Waals surface area contributed by atoms with E-state index >= 15 is 0 Å². The third kappa shape index (κ3) is 5.30. The number of piperazine rings is 1. The van der Waals surface area contributed by atoms with Crippen LogP contribution in [0.25, 0.3) is 0 Å². The third-order valence-corrected chi connectivity index (χ3v) is 7.22. The molecule has 1 aromatic heterocycles. The minimum Gasteiger partial charge on any atom is -0.354 e. The van der Waals surface area contributed by atoms with Crippen molar-refractivity contribution in [1.29, 1.82) is 0 Å². The number of sulfonamides is 1. The maximum absolute atomic E-state index is 13.6. The van der Waals surface area contributed by atoms with Gasteiger partial charge in [-0.05, 0) is 38.0 Å². The van der Waals surface area contributed by atoms with Crippen LogP contribution in [0.4, 0.5) is 10.2 Å². The van der Waals surface area contributed by atoms with Gasteiger partial charge in [0.1, 0.15) is 17.5 Å². The van der Waals surface area contributed by atoms with E-state index < -0.39 is 10.0 Å². The smallest absolute Gasteiger partial charge is 0.214 e. The number of anilines is 1. The SMILES string of the molecule is CCCCS(=O)(=O)N1CCN(c2nc(C)nc(C)c2Cc2cccc(F)c2)CC1. The first-order valence-electron chi connectivity index (χ1n) is 10.1. The molecule has 0 bridgehead atoms. The minimum absolute atomic E-state index is 0.208. The Balaban J connectivity index is 1.81. The molecule has 158 valence electrons. The highest BCUT2D eigenvalue weighted by Gasteiger charge is 2.28. The van der Waals surface area contributed by atoms with E-state index in [0.717, 1.165) is 29.1 Å². The van der Waals surface area contributed by atoms with Gasteiger partial charge in [0.25, 0.3) is 0 Å². The van der Waals surface area contributed by atoms with E-state index in [0.29, 0.717) is 44.8 Å². The second-order valence-electron chi connectivity index (χ2n) is 7.52. The van der Waals surface area contributed by atoms with Crippen molar-refractivity contribution < 1.29 is 12.8 Å². The van der Waals surface area contributed by atoms with Crippen molar-refractivity contribution in [3.8, 4) is 0 Å². The van der Waals surface area contributed by atoms with Crippen molar-refractivity contribution in [1.82, 2.24) is 14.3 Å². The average Bonchev–Trinajstić information content (AvgIpc) is 2.68. The zero-order valence-electron chi connectivity index (χ0n) is 17.4. The maximum Gasteiger partial charge on any atom is 0.214 e. The Labute approximate surface area is 172 Å². The Hall–Kier alpha value is -2.06. The Morgan fingerprint density at radius 1 is 1.10 bits per heavy atom. The molecule has 0 aliphatic carbocycles. The molecule has 6 nitrogen and oxygen atoms in total. The minimum atomic E-state index is -3.20. The van der Waals surface area contributed by atoms with Crippen molar-refractivity contribution in [2.75, 3.05) is 36.8 Å². The number of hydrogen-bond acceptors (Lipinski definition) is 5. The van der Waals surface area contributed by atoms with Gasteiger partial charge in [-0.1, -0.05) is 25.5 Å². The molecule has 29 heavy (non-hydrogen) atoms. The van der Waals surface area contributed by atoms with Crippen LogP contribution in [0.1, 0.15) is 42.4 Å². The van der Waals surface area contributed by atoms with Crippen molar-refractivity contribution in [2.24, 2.45) is 0 Å². The molecule has 0 saturated carbocycles. The second-order valence-corrected chi connectivity index (χ2v) is 9.61. The summed E-state index contributed by atoms with van der Waals surface area (Å²) in [7, 11) is -3.20. The highest BCUT2D eigenvalue weighted by atomic mass is 32.2. The van der Waals surface area contributed by atoms with E-state index in [1.165, 1.54) is 12.1 Å². The van der Waals surface area contributed by atoms with Crippen molar-refractivity contribution in [3.05, 3.63) is 52.7 Å². The van der Waals surface area contributed by atoms with E-state index in [-0.39, 0.29) is 11.6 Å². The fraction of sp³-hybridized carbons (Fsp3) is 0.524. The van der Waals surface area contributed by atoms with Crippen LogP contribution in [0.2, 0.25) is 0 Å². The number of benzene rings is 1. The summed E-state index contributed by atoms with van der Waals surface area (Å²) in [5, 5.41) is 0. The van der Waals surface area contributed by atoms with Crippen LogP contribution in [0.3, 0.4) is 0 Å². The molecule has 2 heterocycles. The molecule has 1 fully saturated rings. The summed E-state index contributed by atoms with van der Waals surface area (Å²) in [6, 6.07) is 6.56. The summed E-state index contributed by atoms with van der Waals surface area (Å²) in [5.74, 6) is 1.45. The van der Waals surface area contributed by atoms with Crippen LogP contribution in [-0.2, 0) is 16.4 Å². The molecule has 1 aromatic carbocycles. The standard InChI is InChI=1S/C21H29FN4O2S/c1-4-5-13-29(27,28)26-11-9-25(10-12-26)21-20(16(2)23-17(3)24-21)15-18-7-6-8-19(22)14-18/h6-8,14H,4-5,9-13,15H2,1-3H3. The van der Waals surface area contributed by atoms with E-state index in [4.69, 9.17) is 0 Å². The number of aryl methyl sites for hydroxylation is 2. The molecule has 0 spiro atoms. The van der Waals surface area contributed by atoms with Crippen molar-refractivity contribution in [3.63, 3.8) is 0 Å². The summed E-state index contributed by atoms with van der Waals surface area (Å²) in [4.78, 5) is 11.3. The summed E-state index contributed by atoms with van der Waals surface area (Å²) >= 11 is 0. The number of rotatable bonds is 7. The van der Waals surface area contributed by atoms with Crippen LogP contribution in [0.15, 0.2) is 24.3 Å². The van der Waals surface area contributed by atoms with E-state index in [9.17, 15) is 12.8 Å². The predicted octanol–water partition coefficient (Wildman–Crippen LogP) is 3.08. The highest BCUT2D eigenvalue weighted by Crippen LogP contribution is 2.26. The lowest BCUT2D eigenvalue weighted by molar-refractivity contribution is 0.382. The fourth-order valence-electron chi connectivity index (χ4n) is 3.67. The van der Waals surface area contributed by atoms with Crippen LogP contribution in [-0.4, -0.2) is 54.6 Å². The van der Waals surface area contributed by atoms with Crippen LogP contribution in [0, 0.1) is 19.7 Å². The van der Waals surface area contributed by atoms with Gasteiger partial charge in [0.2, 0.25) is 10.0 Å². The molecular weight excluding hydrogens is 391 g/mol. The van der Waals surface area contributed by atoms with Crippen molar-refractivity contribution >= 4 is 15.8 Å². The van der Waals surface area contributed by atoms with Gasteiger partial charge >= 0.3 is 0 Å². The molecule has 0 radical (unpaired) electrons. The maximum atomic E-state index is 13.6. The molecule has 1 aliphatic heterocycles. The van der Waals surface area contributed by atoms with Crippen molar-refractivity contribution in [2.45, 2.75) is 40.0 Å². The number of nitrogens with zero attached hydrogens (tertiary/aromatic N) is 4. The molecule has 0 unspecified atom stereocenters. The topological polar surface area (TPSA) is 66.4 Å². The first kappa shape index (κ1) is 21.6. The van der Waals surface area contributed by atoms with Gasteiger partial charge in [-0.15, -0.1) is 0 Å². The number of unbranched alkanes of at least 4 members (excludes halogenated alkanes) is 1. The van der Waals surface area contributed by atoms with Gasteiger partial charge in [0.05, 0.1) is 5.75 Å². The van der Waals surface area contributed by atoms with E-state index in [1.54, 1.807) is 10.4 Å². The van der Waals surface area contributed by atoms with Crippen LogP contribution in [0.5, 0.6) is 0 Å². The molecule has 1 saturated heterocycles. The lowest BCUT2D eigenvalue weighted by Gasteiger charge is -2.36. The Morgan fingerprint density at radius 2 is 1.83 bits per heavy atom. The van der Waals surface area contributed by atoms with Gasteiger partial charge in [-0.25, -0.2) is 22.8 Å². The first-order chi connectivity index (χ1) is 13.8. The molecule has 0 N–H and O–H groups in total. The zero-order valence-corrected chi connectivity index (χ0v) is 18.2. The van der Waals surface area contributed by atoms with E-state index in [1.807, 2.05) is 26.8 Å². The lowest BCUT2D eigenvalue weighted by atomic mass is 10.0. The van der Waals surface area contributed by atoms with Gasteiger partial charge in [0.15, 0.2) is 0 Å². The number of hydrogen-bond donors (Lipinski definition) is 0.